The Balaban J connectivity index is 1.81. The molecule has 0 saturated carbocycles. The van der Waals surface area contributed by atoms with Crippen LogP contribution in [0.2, 0.25) is 5.02 Å². The van der Waals surface area contributed by atoms with Crippen molar-refractivity contribution in [2.24, 2.45) is 5.92 Å². The van der Waals surface area contributed by atoms with Gasteiger partial charge in [-0.25, -0.2) is 4.79 Å². The first kappa shape index (κ1) is 18.4. The molecule has 24 heavy (non-hydrogen) atoms. The van der Waals surface area contributed by atoms with E-state index in [1.807, 2.05) is 0 Å². The van der Waals surface area contributed by atoms with Gasteiger partial charge in [-0.1, -0.05) is 23.7 Å². The van der Waals surface area contributed by atoms with Crippen LogP contribution in [0.3, 0.4) is 0 Å². The number of para-hydroxylation sites is 1. The van der Waals surface area contributed by atoms with E-state index in [1.165, 1.54) is 4.90 Å². The summed E-state index contributed by atoms with van der Waals surface area (Å²) in [5.74, 6) is -0.570. The van der Waals surface area contributed by atoms with Crippen molar-refractivity contribution >= 4 is 29.3 Å². The van der Waals surface area contributed by atoms with E-state index >= 15 is 0 Å². The molecule has 1 aromatic carbocycles. The van der Waals surface area contributed by atoms with Gasteiger partial charge in [0.2, 0.25) is 5.91 Å². The largest absolute Gasteiger partial charge is 0.440 e. The van der Waals surface area contributed by atoms with Gasteiger partial charge in [-0.15, -0.1) is 0 Å². The minimum atomic E-state index is -4.55. The summed E-state index contributed by atoms with van der Waals surface area (Å²) in [6.07, 6.45) is -4.88. The van der Waals surface area contributed by atoms with E-state index in [1.54, 1.807) is 24.3 Å². The standard InChI is InChI=1S/C15H16ClF3N2O3/c16-11-3-1-2-4-12(11)20-13(22)10-5-7-21(8-6-10)14(23)24-9-15(17,18)19/h1-4,10H,5-9H2,(H,20,22). The number of hydrogen-bond donors (Lipinski definition) is 1. The average Bonchev–Trinajstić information content (AvgIpc) is 2.54. The molecule has 1 aliphatic heterocycles. The molecule has 1 saturated heterocycles. The van der Waals surface area contributed by atoms with Crippen LogP contribution >= 0.6 is 11.6 Å². The van der Waals surface area contributed by atoms with E-state index in [0.29, 0.717) is 23.6 Å². The number of likely N-dealkylation sites (tertiary alicyclic amines) is 1. The van der Waals surface area contributed by atoms with E-state index in [-0.39, 0.29) is 24.9 Å². The van der Waals surface area contributed by atoms with Gasteiger partial charge in [-0.3, -0.25) is 4.79 Å². The van der Waals surface area contributed by atoms with Crippen molar-refractivity contribution in [3.05, 3.63) is 29.3 Å². The van der Waals surface area contributed by atoms with Crippen LogP contribution in [0.25, 0.3) is 0 Å². The molecule has 5 nitrogen and oxygen atoms in total. The highest BCUT2D eigenvalue weighted by molar-refractivity contribution is 6.33. The number of carbonyl (C=O) groups is 2. The maximum atomic E-state index is 12.2. The second-order valence-electron chi connectivity index (χ2n) is 5.40. The molecular weight excluding hydrogens is 349 g/mol. The average molecular weight is 365 g/mol. The number of piperidine rings is 1. The normalized spacial score (nSPS) is 15.9. The molecule has 1 fully saturated rings. The summed E-state index contributed by atoms with van der Waals surface area (Å²) in [5.41, 5.74) is 0.496. The van der Waals surface area contributed by atoms with Gasteiger partial charge in [0, 0.05) is 19.0 Å². The lowest BCUT2D eigenvalue weighted by atomic mass is 9.96. The fourth-order valence-electron chi connectivity index (χ4n) is 2.36. The Labute approximate surface area is 141 Å². The molecule has 1 aromatic rings. The molecule has 2 rings (SSSR count). The SMILES string of the molecule is O=C(Nc1ccccc1Cl)C1CCN(C(=O)OCC(F)(F)F)CC1. The molecule has 0 unspecified atom stereocenters. The Morgan fingerprint density at radius 2 is 1.88 bits per heavy atom. The number of anilines is 1. The lowest BCUT2D eigenvalue weighted by Crippen LogP contribution is -2.42. The van der Waals surface area contributed by atoms with E-state index in [2.05, 4.69) is 10.1 Å². The zero-order valence-electron chi connectivity index (χ0n) is 12.6. The molecular formula is C15H16ClF3N2O3. The highest BCUT2D eigenvalue weighted by Crippen LogP contribution is 2.24. The Morgan fingerprint density at radius 1 is 1.25 bits per heavy atom. The quantitative estimate of drug-likeness (QED) is 0.890. The van der Waals surface area contributed by atoms with Crippen LogP contribution in [0.15, 0.2) is 24.3 Å². The Kier molecular flexibility index (Phi) is 5.93. The summed E-state index contributed by atoms with van der Waals surface area (Å²) in [6, 6.07) is 6.80. The summed E-state index contributed by atoms with van der Waals surface area (Å²) in [4.78, 5) is 24.9. The minimum Gasteiger partial charge on any atom is -0.440 e. The number of nitrogens with zero attached hydrogens (tertiary/aromatic N) is 1. The predicted octanol–water partition coefficient (Wildman–Crippen LogP) is 3.69. The molecule has 9 heteroatoms. The van der Waals surface area contributed by atoms with E-state index in [9.17, 15) is 22.8 Å². The summed E-state index contributed by atoms with van der Waals surface area (Å²) in [5, 5.41) is 3.13. The van der Waals surface area contributed by atoms with Gasteiger partial charge in [0.25, 0.3) is 0 Å². The molecule has 0 aromatic heterocycles. The van der Waals surface area contributed by atoms with Gasteiger partial charge in [-0.05, 0) is 25.0 Å². The Bertz CT molecular complexity index is 602. The molecule has 0 atom stereocenters. The zero-order chi connectivity index (χ0) is 17.7. The lowest BCUT2D eigenvalue weighted by Gasteiger charge is -2.30. The third-order valence-corrected chi connectivity index (χ3v) is 3.94. The van der Waals surface area contributed by atoms with E-state index < -0.39 is 18.9 Å². The molecule has 0 spiro atoms. The number of rotatable bonds is 3. The van der Waals surface area contributed by atoms with Crippen molar-refractivity contribution in [1.82, 2.24) is 4.90 Å². The van der Waals surface area contributed by atoms with Crippen LogP contribution in [0, 0.1) is 5.92 Å². The lowest BCUT2D eigenvalue weighted by molar-refractivity contribution is -0.162. The number of amides is 2. The summed E-state index contributed by atoms with van der Waals surface area (Å²) in [6.45, 7) is -1.28. The third kappa shape index (κ3) is 5.30. The van der Waals surface area contributed by atoms with Crippen LogP contribution in [-0.2, 0) is 9.53 Å². The number of carbonyl (C=O) groups excluding carboxylic acids is 2. The number of benzene rings is 1. The first-order valence-electron chi connectivity index (χ1n) is 7.30. The second kappa shape index (κ2) is 7.74. The number of hydrogen-bond acceptors (Lipinski definition) is 3. The molecule has 1 N–H and O–H groups in total. The molecule has 0 aliphatic carbocycles. The van der Waals surface area contributed by atoms with Crippen LogP contribution in [0.1, 0.15) is 12.8 Å². The fourth-order valence-corrected chi connectivity index (χ4v) is 2.54. The van der Waals surface area contributed by atoms with Gasteiger partial charge >= 0.3 is 12.3 Å². The van der Waals surface area contributed by atoms with Gasteiger partial charge in [0.15, 0.2) is 6.61 Å². The second-order valence-corrected chi connectivity index (χ2v) is 5.81. The number of halogens is 4. The number of nitrogens with one attached hydrogen (secondary N) is 1. The molecule has 1 aliphatic rings. The van der Waals surface area contributed by atoms with Crippen molar-refractivity contribution in [2.45, 2.75) is 19.0 Å². The zero-order valence-corrected chi connectivity index (χ0v) is 13.4. The maximum Gasteiger partial charge on any atom is 0.422 e. The van der Waals surface area contributed by atoms with Crippen molar-refractivity contribution < 1.29 is 27.5 Å². The summed E-state index contributed by atoms with van der Waals surface area (Å²) < 4.78 is 40.3. The Morgan fingerprint density at radius 3 is 2.46 bits per heavy atom. The van der Waals surface area contributed by atoms with E-state index in [4.69, 9.17) is 11.6 Å². The van der Waals surface area contributed by atoms with Gasteiger partial charge < -0.3 is 15.0 Å². The minimum absolute atomic E-state index is 0.164. The van der Waals surface area contributed by atoms with Gasteiger partial charge in [0.05, 0.1) is 10.7 Å². The van der Waals surface area contributed by atoms with Crippen LogP contribution in [0.5, 0.6) is 0 Å². The molecule has 2 amide bonds. The molecule has 1 heterocycles. The summed E-state index contributed by atoms with van der Waals surface area (Å²) >= 11 is 5.97. The van der Waals surface area contributed by atoms with Gasteiger partial charge in [-0.2, -0.15) is 13.2 Å². The van der Waals surface area contributed by atoms with Crippen LogP contribution < -0.4 is 5.32 Å². The van der Waals surface area contributed by atoms with Crippen molar-refractivity contribution in [1.29, 1.82) is 0 Å². The number of ether oxygens (including phenoxy) is 1. The van der Waals surface area contributed by atoms with Crippen LogP contribution in [-0.4, -0.2) is 42.8 Å². The molecule has 0 radical (unpaired) electrons. The maximum absolute atomic E-state index is 12.2. The molecule has 0 bridgehead atoms. The fraction of sp³-hybridized carbons (Fsp3) is 0.467. The Hall–Kier alpha value is -1.96. The highest BCUT2D eigenvalue weighted by Gasteiger charge is 2.33. The van der Waals surface area contributed by atoms with E-state index in [0.717, 1.165) is 0 Å². The van der Waals surface area contributed by atoms with Crippen LogP contribution in [0.4, 0.5) is 23.7 Å². The summed E-state index contributed by atoms with van der Waals surface area (Å²) in [7, 11) is 0. The van der Waals surface area contributed by atoms with Crippen molar-refractivity contribution in [3.8, 4) is 0 Å². The topological polar surface area (TPSA) is 58.6 Å². The monoisotopic (exact) mass is 364 g/mol. The first-order chi connectivity index (χ1) is 11.3. The molecule has 132 valence electrons. The first-order valence-corrected chi connectivity index (χ1v) is 7.68. The highest BCUT2D eigenvalue weighted by atomic mass is 35.5. The van der Waals surface area contributed by atoms with Crippen molar-refractivity contribution in [3.63, 3.8) is 0 Å². The van der Waals surface area contributed by atoms with Gasteiger partial charge in [0.1, 0.15) is 0 Å². The third-order valence-electron chi connectivity index (χ3n) is 3.61. The smallest absolute Gasteiger partial charge is 0.422 e. The predicted molar refractivity (Wildman–Crippen MR) is 81.8 cm³/mol. The number of alkyl halides is 3. The van der Waals surface area contributed by atoms with Crippen molar-refractivity contribution in [2.75, 3.05) is 25.0 Å².